The second-order valence-corrected chi connectivity index (χ2v) is 4.14. The smallest absolute Gasteiger partial charge is 0.222 e. The van der Waals surface area contributed by atoms with Crippen LogP contribution >= 0.6 is 0 Å². The maximum absolute atomic E-state index is 11.0. The van der Waals surface area contributed by atoms with E-state index in [0.29, 0.717) is 5.92 Å². The minimum atomic E-state index is -0.170. The molecule has 0 spiro atoms. The summed E-state index contributed by atoms with van der Waals surface area (Å²) >= 11 is 0. The topological polar surface area (TPSA) is 46.3 Å². The number of primary amides is 1. The van der Waals surface area contributed by atoms with Crippen LogP contribution in [-0.2, 0) is 4.79 Å². The number of amides is 1. The molecule has 0 unspecified atom stereocenters. The van der Waals surface area contributed by atoms with Crippen molar-refractivity contribution in [2.75, 3.05) is 19.6 Å². The molecule has 0 radical (unpaired) electrons. The fraction of sp³-hybridized carbons (Fsp3) is 0.700. The average Bonchev–Trinajstić information content (AvgIpc) is 2.29. The summed E-state index contributed by atoms with van der Waals surface area (Å²) in [5.41, 5.74) is 6.43. The number of carbonyl (C=O) groups is 1. The third-order valence-corrected chi connectivity index (χ3v) is 2.55. The summed E-state index contributed by atoms with van der Waals surface area (Å²) in [7, 11) is 0. The first-order chi connectivity index (χ1) is 6.00. The summed E-state index contributed by atoms with van der Waals surface area (Å²) < 4.78 is 0. The molecule has 3 nitrogen and oxygen atoms in total. The van der Waals surface area contributed by atoms with Crippen molar-refractivity contribution in [1.29, 1.82) is 0 Å². The Morgan fingerprint density at radius 2 is 2.23 bits per heavy atom. The molecule has 1 aliphatic heterocycles. The highest BCUT2D eigenvalue weighted by Crippen LogP contribution is 2.22. The highest BCUT2D eigenvalue weighted by Gasteiger charge is 2.32. The van der Waals surface area contributed by atoms with Gasteiger partial charge in [0, 0.05) is 19.6 Å². The Morgan fingerprint density at radius 1 is 1.62 bits per heavy atom. The summed E-state index contributed by atoms with van der Waals surface area (Å²) in [6.45, 7) is 10.6. The number of hydrogen-bond acceptors (Lipinski definition) is 2. The van der Waals surface area contributed by atoms with E-state index in [9.17, 15) is 4.79 Å². The Labute approximate surface area is 79.6 Å². The minimum Gasteiger partial charge on any atom is -0.369 e. The fourth-order valence-electron chi connectivity index (χ4n) is 1.95. The van der Waals surface area contributed by atoms with E-state index in [1.165, 1.54) is 0 Å². The van der Waals surface area contributed by atoms with Crippen LogP contribution in [0.5, 0.6) is 0 Å². The van der Waals surface area contributed by atoms with Gasteiger partial charge in [-0.25, -0.2) is 0 Å². The molecule has 74 valence electrons. The van der Waals surface area contributed by atoms with Crippen LogP contribution in [0.2, 0.25) is 0 Å². The van der Waals surface area contributed by atoms with Gasteiger partial charge in [0.05, 0.1) is 5.92 Å². The van der Waals surface area contributed by atoms with Gasteiger partial charge in [-0.15, -0.1) is 0 Å². The molecule has 2 N–H and O–H groups in total. The molecule has 1 aliphatic rings. The molecule has 1 saturated heterocycles. The lowest BCUT2D eigenvalue weighted by Gasteiger charge is -2.14. The Morgan fingerprint density at radius 3 is 2.62 bits per heavy atom. The largest absolute Gasteiger partial charge is 0.369 e. The third kappa shape index (κ3) is 2.56. The highest BCUT2D eigenvalue weighted by atomic mass is 16.1. The number of carbonyl (C=O) groups excluding carboxylic acids is 1. The van der Waals surface area contributed by atoms with Crippen molar-refractivity contribution in [3.05, 3.63) is 12.2 Å². The van der Waals surface area contributed by atoms with Gasteiger partial charge in [0.15, 0.2) is 0 Å². The van der Waals surface area contributed by atoms with Gasteiger partial charge in [0.2, 0.25) is 5.91 Å². The molecule has 1 fully saturated rings. The van der Waals surface area contributed by atoms with E-state index in [2.05, 4.69) is 18.4 Å². The first-order valence-corrected chi connectivity index (χ1v) is 4.66. The highest BCUT2D eigenvalue weighted by molar-refractivity contribution is 5.77. The van der Waals surface area contributed by atoms with Gasteiger partial charge < -0.3 is 5.73 Å². The summed E-state index contributed by atoms with van der Waals surface area (Å²) in [5.74, 6) is 0.243. The normalized spacial score (nSPS) is 29.1. The van der Waals surface area contributed by atoms with E-state index < -0.39 is 0 Å². The van der Waals surface area contributed by atoms with E-state index >= 15 is 0 Å². The van der Waals surface area contributed by atoms with Crippen molar-refractivity contribution < 1.29 is 4.79 Å². The summed E-state index contributed by atoms with van der Waals surface area (Å²) in [5, 5.41) is 0. The van der Waals surface area contributed by atoms with E-state index in [1.807, 2.05) is 6.92 Å². The minimum absolute atomic E-state index is 0.0272. The number of hydrogen-bond donors (Lipinski definition) is 1. The molecule has 1 heterocycles. The monoisotopic (exact) mass is 182 g/mol. The Hall–Kier alpha value is -0.830. The van der Waals surface area contributed by atoms with Crippen molar-refractivity contribution in [1.82, 2.24) is 4.90 Å². The lowest BCUT2D eigenvalue weighted by atomic mass is 9.98. The van der Waals surface area contributed by atoms with Gasteiger partial charge in [-0.3, -0.25) is 9.69 Å². The number of rotatable bonds is 3. The van der Waals surface area contributed by atoms with Crippen molar-refractivity contribution in [3.8, 4) is 0 Å². The molecule has 0 saturated carbocycles. The maximum atomic E-state index is 11.0. The second kappa shape index (κ2) is 3.92. The van der Waals surface area contributed by atoms with Crippen LogP contribution in [-0.4, -0.2) is 30.4 Å². The van der Waals surface area contributed by atoms with E-state index in [0.717, 1.165) is 25.2 Å². The molecule has 3 heteroatoms. The maximum Gasteiger partial charge on any atom is 0.222 e. The second-order valence-electron chi connectivity index (χ2n) is 4.14. The van der Waals surface area contributed by atoms with Crippen LogP contribution in [0.25, 0.3) is 0 Å². The van der Waals surface area contributed by atoms with Crippen molar-refractivity contribution in [2.24, 2.45) is 17.6 Å². The Balaban J connectivity index is 2.50. The molecular formula is C10H18N2O. The zero-order valence-corrected chi connectivity index (χ0v) is 8.42. The van der Waals surface area contributed by atoms with Crippen LogP contribution in [0, 0.1) is 11.8 Å². The standard InChI is InChI=1S/C10H18N2O/c1-7(2)4-12-5-8(3)9(6-12)10(11)13/h8-9H,1,4-6H2,2-3H3,(H2,11,13)/t8-,9-/m1/s1. The number of nitrogens with two attached hydrogens (primary N) is 1. The zero-order valence-electron chi connectivity index (χ0n) is 8.42. The molecule has 0 aromatic heterocycles. The molecule has 0 aromatic carbocycles. The van der Waals surface area contributed by atoms with Crippen LogP contribution in [0.1, 0.15) is 13.8 Å². The van der Waals surface area contributed by atoms with Crippen LogP contribution in [0.4, 0.5) is 0 Å². The van der Waals surface area contributed by atoms with Gasteiger partial charge in [-0.2, -0.15) is 0 Å². The van der Waals surface area contributed by atoms with Gasteiger partial charge in [0.25, 0.3) is 0 Å². The third-order valence-electron chi connectivity index (χ3n) is 2.55. The van der Waals surface area contributed by atoms with Crippen LogP contribution < -0.4 is 5.73 Å². The van der Waals surface area contributed by atoms with Crippen LogP contribution in [0.15, 0.2) is 12.2 Å². The van der Waals surface area contributed by atoms with Gasteiger partial charge in [-0.05, 0) is 12.8 Å². The quantitative estimate of drug-likeness (QED) is 0.650. The SMILES string of the molecule is C=C(C)CN1C[C@@H](C)[C@H](C(N)=O)C1. The molecule has 2 atom stereocenters. The number of likely N-dealkylation sites (tertiary alicyclic amines) is 1. The van der Waals surface area contributed by atoms with Gasteiger partial charge in [0.1, 0.15) is 0 Å². The van der Waals surface area contributed by atoms with Gasteiger partial charge in [-0.1, -0.05) is 19.1 Å². The van der Waals surface area contributed by atoms with Crippen molar-refractivity contribution in [2.45, 2.75) is 13.8 Å². The Kier molecular flexibility index (Phi) is 3.09. The Bertz CT molecular complexity index is 225. The molecular weight excluding hydrogens is 164 g/mol. The fourth-order valence-corrected chi connectivity index (χ4v) is 1.95. The first-order valence-electron chi connectivity index (χ1n) is 4.66. The molecule has 0 aliphatic carbocycles. The molecule has 1 rings (SSSR count). The molecule has 13 heavy (non-hydrogen) atoms. The predicted octanol–water partition coefficient (Wildman–Crippen LogP) is 0.616. The van der Waals surface area contributed by atoms with Crippen LogP contribution in [0.3, 0.4) is 0 Å². The average molecular weight is 182 g/mol. The summed E-state index contributed by atoms with van der Waals surface area (Å²) in [6, 6.07) is 0. The molecule has 0 bridgehead atoms. The van der Waals surface area contributed by atoms with Gasteiger partial charge >= 0.3 is 0 Å². The lowest BCUT2D eigenvalue weighted by Crippen LogP contribution is -2.29. The zero-order chi connectivity index (χ0) is 10.0. The van der Waals surface area contributed by atoms with E-state index in [4.69, 9.17) is 5.73 Å². The molecule has 0 aromatic rings. The lowest BCUT2D eigenvalue weighted by molar-refractivity contribution is -0.122. The molecule has 1 amide bonds. The van der Waals surface area contributed by atoms with Crippen molar-refractivity contribution in [3.63, 3.8) is 0 Å². The predicted molar refractivity (Wildman–Crippen MR) is 53.1 cm³/mol. The van der Waals surface area contributed by atoms with E-state index in [1.54, 1.807) is 0 Å². The summed E-state index contributed by atoms with van der Waals surface area (Å²) in [6.07, 6.45) is 0. The number of nitrogens with zero attached hydrogens (tertiary/aromatic N) is 1. The first kappa shape index (κ1) is 10.3. The van der Waals surface area contributed by atoms with E-state index in [-0.39, 0.29) is 11.8 Å². The van der Waals surface area contributed by atoms with Crippen molar-refractivity contribution >= 4 is 5.91 Å². The summed E-state index contributed by atoms with van der Waals surface area (Å²) in [4.78, 5) is 13.3.